The van der Waals surface area contributed by atoms with Crippen molar-refractivity contribution < 1.29 is 9.53 Å². The monoisotopic (exact) mass is 311 g/mol. The molecule has 1 saturated heterocycles. The van der Waals surface area contributed by atoms with Crippen LogP contribution in [0.25, 0.3) is 16.6 Å². The number of carbonyl (C=O) groups excluding carboxylic acids is 1. The molecule has 2 aromatic rings. The summed E-state index contributed by atoms with van der Waals surface area (Å²) in [5, 5.41) is 1.03. The van der Waals surface area contributed by atoms with Crippen molar-refractivity contribution in [3.05, 3.63) is 42.3 Å². The minimum atomic E-state index is 0.0322. The number of ether oxygens (including phenoxy) is 1. The van der Waals surface area contributed by atoms with Crippen LogP contribution in [0.5, 0.6) is 0 Å². The summed E-state index contributed by atoms with van der Waals surface area (Å²) in [6.07, 6.45) is 9.34. The molecule has 0 bridgehead atoms. The predicted octanol–water partition coefficient (Wildman–Crippen LogP) is 2.95. The second-order valence-electron chi connectivity index (χ2n) is 5.60. The van der Waals surface area contributed by atoms with Crippen LogP contribution >= 0.6 is 0 Å². The highest BCUT2D eigenvalue weighted by molar-refractivity contribution is 6.02. The summed E-state index contributed by atoms with van der Waals surface area (Å²) in [4.78, 5) is 21.5. The number of hydrogen-bond donors (Lipinski definition) is 1. The molecule has 0 amide bonds. The molecule has 3 rings (SSSR count). The lowest BCUT2D eigenvalue weighted by Crippen LogP contribution is -2.36. The van der Waals surface area contributed by atoms with Crippen LogP contribution < -0.4 is 4.90 Å². The summed E-state index contributed by atoms with van der Waals surface area (Å²) in [5.74, 6) is 0.0322. The number of hydrogen-bond acceptors (Lipinski definition) is 4. The van der Waals surface area contributed by atoms with E-state index in [0.717, 1.165) is 54.2 Å². The molecule has 2 aromatic heterocycles. The Hall–Kier alpha value is -2.40. The summed E-state index contributed by atoms with van der Waals surface area (Å²) in [7, 11) is 0. The summed E-state index contributed by atoms with van der Waals surface area (Å²) < 4.78 is 5.41. The fourth-order valence-corrected chi connectivity index (χ4v) is 2.84. The lowest BCUT2D eigenvalue weighted by atomic mass is 10.0. The van der Waals surface area contributed by atoms with Gasteiger partial charge in [-0.2, -0.15) is 0 Å². The van der Waals surface area contributed by atoms with E-state index in [0.29, 0.717) is 0 Å². The molecule has 0 saturated carbocycles. The zero-order chi connectivity index (χ0) is 16.2. The molecule has 0 unspecified atom stereocenters. The second kappa shape index (κ2) is 6.79. The molecule has 1 aliphatic heterocycles. The van der Waals surface area contributed by atoms with Crippen molar-refractivity contribution in [1.82, 2.24) is 9.97 Å². The lowest BCUT2D eigenvalue weighted by Gasteiger charge is -2.28. The van der Waals surface area contributed by atoms with Crippen LogP contribution in [0.1, 0.15) is 19.4 Å². The maximum absolute atomic E-state index is 11.5. The molecule has 5 heteroatoms. The van der Waals surface area contributed by atoms with Crippen molar-refractivity contribution >= 4 is 28.1 Å². The Morgan fingerprint density at radius 2 is 2.17 bits per heavy atom. The summed E-state index contributed by atoms with van der Waals surface area (Å²) >= 11 is 0. The topological polar surface area (TPSA) is 58.2 Å². The average molecular weight is 311 g/mol. The van der Waals surface area contributed by atoms with Gasteiger partial charge in [0.2, 0.25) is 0 Å². The number of pyridine rings is 1. The molecule has 120 valence electrons. The first-order valence-corrected chi connectivity index (χ1v) is 7.84. The highest BCUT2D eigenvalue weighted by atomic mass is 16.5. The Bertz CT molecular complexity index is 768. The predicted molar refractivity (Wildman–Crippen MR) is 92.6 cm³/mol. The third-order valence-electron chi connectivity index (χ3n) is 3.91. The smallest absolute Gasteiger partial charge is 0.153 e. The summed E-state index contributed by atoms with van der Waals surface area (Å²) in [5.41, 5.74) is 3.81. The SMILES string of the molecule is C/C=C\C(=C/C(C)=O)c1c[nH]c2ncc(N3CCOCC3)cc12. The first-order chi connectivity index (χ1) is 11.2. The van der Waals surface area contributed by atoms with Gasteiger partial charge >= 0.3 is 0 Å². The largest absolute Gasteiger partial charge is 0.378 e. The fourth-order valence-electron chi connectivity index (χ4n) is 2.84. The van der Waals surface area contributed by atoms with Gasteiger partial charge in [-0.3, -0.25) is 4.79 Å². The number of H-pyrrole nitrogens is 1. The van der Waals surface area contributed by atoms with Gasteiger partial charge in [0.1, 0.15) is 5.65 Å². The normalized spacial score (nSPS) is 16.4. The molecule has 0 aliphatic carbocycles. The Labute approximate surface area is 135 Å². The number of aromatic nitrogens is 2. The molecule has 1 aliphatic rings. The zero-order valence-electron chi connectivity index (χ0n) is 13.5. The van der Waals surface area contributed by atoms with E-state index < -0.39 is 0 Å². The number of rotatable bonds is 4. The van der Waals surface area contributed by atoms with E-state index in [2.05, 4.69) is 20.9 Å². The van der Waals surface area contributed by atoms with Crippen LogP contribution in [0.3, 0.4) is 0 Å². The standard InChI is InChI=1S/C18H21N3O2/c1-3-4-14(9-13(2)22)17-12-20-18-16(17)10-15(11-19-18)21-5-7-23-8-6-21/h3-4,9-12H,5-8H2,1-2H3,(H,19,20)/b4-3-,14-9+. The van der Waals surface area contributed by atoms with Gasteiger partial charge in [-0.15, -0.1) is 0 Å². The second-order valence-corrected chi connectivity index (χ2v) is 5.60. The van der Waals surface area contributed by atoms with Crippen LogP contribution in [0, 0.1) is 0 Å². The summed E-state index contributed by atoms with van der Waals surface area (Å²) in [6, 6.07) is 2.14. The highest BCUT2D eigenvalue weighted by Gasteiger charge is 2.14. The van der Waals surface area contributed by atoms with Crippen molar-refractivity contribution in [2.45, 2.75) is 13.8 Å². The number of morpholine rings is 1. The number of carbonyl (C=O) groups is 1. The van der Waals surface area contributed by atoms with Crippen LogP contribution in [0.2, 0.25) is 0 Å². The molecular formula is C18H21N3O2. The molecule has 1 fully saturated rings. The maximum atomic E-state index is 11.5. The Morgan fingerprint density at radius 1 is 1.39 bits per heavy atom. The van der Waals surface area contributed by atoms with Gasteiger partial charge in [-0.25, -0.2) is 4.98 Å². The van der Waals surface area contributed by atoms with Gasteiger partial charge in [0.15, 0.2) is 5.78 Å². The van der Waals surface area contributed by atoms with Crippen molar-refractivity contribution in [3.63, 3.8) is 0 Å². The number of nitrogens with zero attached hydrogens (tertiary/aromatic N) is 2. The first-order valence-electron chi connectivity index (χ1n) is 7.84. The minimum Gasteiger partial charge on any atom is -0.378 e. The molecule has 3 heterocycles. The Balaban J connectivity index is 2.05. The van der Waals surface area contributed by atoms with Gasteiger partial charge in [-0.05, 0) is 31.6 Å². The molecule has 5 nitrogen and oxygen atoms in total. The summed E-state index contributed by atoms with van der Waals surface area (Å²) in [6.45, 7) is 6.74. The van der Waals surface area contributed by atoms with Gasteiger partial charge in [-0.1, -0.05) is 12.2 Å². The number of ketones is 1. The Morgan fingerprint density at radius 3 is 2.87 bits per heavy atom. The maximum Gasteiger partial charge on any atom is 0.153 e. The van der Waals surface area contributed by atoms with Gasteiger partial charge in [0, 0.05) is 30.2 Å². The van der Waals surface area contributed by atoms with Gasteiger partial charge < -0.3 is 14.6 Å². The van der Waals surface area contributed by atoms with Crippen molar-refractivity contribution in [1.29, 1.82) is 0 Å². The van der Waals surface area contributed by atoms with Crippen LogP contribution in [-0.4, -0.2) is 42.1 Å². The van der Waals surface area contributed by atoms with Crippen molar-refractivity contribution in [2.75, 3.05) is 31.2 Å². The minimum absolute atomic E-state index is 0.0322. The fraction of sp³-hybridized carbons (Fsp3) is 0.333. The van der Waals surface area contributed by atoms with E-state index in [-0.39, 0.29) is 5.78 Å². The molecule has 0 atom stereocenters. The van der Waals surface area contributed by atoms with Crippen LogP contribution in [0.15, 0.2) is 36.7 Å². The highest BCUT2D eigenvalue weighted by Crippen LogP contribution is 2.28. The molecule has 0 radical (unpaired) electrons. The molecule has 0 aromatic carbocycles. The quantitative estimate of drug-likeness (QED) is 0.697. The van der Waals surface area contributed by atoms with Crippen LogP contribution in [0.4, 0.5) is 5.69 Å². The third kappa shape index (κ3) is 3.35. The third-order valence-corrected chi connectivity index (χ3v) is 3.91. The van der Waals surface area contributed by atoms with E-state index in [9.17, 15) is 4.79 Å². The number of fused-ring (bicyclic) bond motifs is 1. The average Bonchev–Trinajstić information content (AvgIpc) is 2.98. The van der Waals surface area contributed by atoms with Crippen molar-refractivity contribution in [3.8, 4) is 0 Å². The lowest BCUT2D eigenvalue weighted by molar-refractivity contribution is -0.112. The van der Waals surface area contributed by atoms with E-state index in [1.165, 1.54) is 0 Å². The van der Waals surface area contributed by atoms with E-state index >= 15 is 0 Å². The van der Waals surface area contributed by atoms with Gasteiger partial charge in [0.25, 0.3) is 0 Å². The van der Waals surface area contributed by atoms with Gasteiger partial charge in [0.05, 0.1) is 25.1 Å². The van der Waals surface area contributed by atoms with E-state index in [4.69, 9.17) is 4.74 Å². The first kappa shape index (κ1) is 15.5. The van der Waals surface area contributed by atoms with E-state index in [1.807, 2.05) is 31.5 Å². The van der Waals surface area contributed by atoms with Crippen LogP contribution in [-0.2, 0) is 9.53 Å². The molecule has 0 spiro atoms. The number of aromatic amines is 1. The number of anilines is 1. The molecular weight excluding hydrogens is 290 g/mol. The molecule has 1 N–H and O–H groups in total. The number of allylic oxidation sites excluding steroid dienone is 4. The Kier molecular flexibility index (Phi) is 4.57. The van der Waals surface area contributed by atoms with E-state index in [1.54, 1.807) is 13.0 Å². The number of nitrogens with one attached hydrogen (secondary N) is 1. The zero-order valence-corrected chi connectivity index (χ0v) is 13.5. The molecule has 23 heavy (non-hydrogen) atoms. The van der Waals surface area contributed by atoms with Crippen molar-refractivity contribution in [2.24, 2.45) is 0 Å².